The molecule has 4 rings (SSSR count). The highest BCUT2D eigenvalue weighted by Crippen LogP contribution is 2.30. The number of carbonyl (C=O) groups is 1. The SMILES string of the molecule is COc1ccc(-c2nnc(SC(C)C(=O)Nc3ccc(F)c(F)c3)n2CC2CCCO2)cc1. The van der Waals surface area contributed by atoms with Crippen LogP contribution in [0, 0.1) is 11.6 Å². The number of hydrogen-bond acceptors (Lipinski definition) is 6. The molecule has 10 heteroatoms. The van der Waals surface area contributed by atoms with Gasteiger partial charge in [0.15, 0.2) is 22.6 Å². The maximum absolute atomic E-state index is 13.5. The Hall–Kier alpha value is -2.98. The summed E-state index contributed by atoms with van der Waals surface area (Å²) in [4.78, 5) is 12.7. The Morgan fingerprint density at radius 3 is 2.70 bits per heavy atom. The van der Waals surface area contributed by atoms with Gasteiger partial charge in [-0.1, -0.05) is 11.8 Å². The molecule has 2 heterocycles. The third kappa shape index (κ3) is 5.51. The van der Waals surface area contributed by atoms with Gasteiger partial charge in [0, 0.05) is 23.9 Å². The summed E-state index contributed by atoms with van der Waals surface area (Å²) in [6, 6.07) is 10.8. The fourth-order valence-corrected chi connectivity index (χ4v) is 4.37. The first-order valence-electron chi connectivity index (χ1n) is 10.6. The minimum Gasteiger partial charge on any atom is -0.497 e. The fraction of sp³-hybridized carbons (Fsp3) is 0.348. The van der Waals surface area contributed by atoms with Gasteiger partial charge in [-0.15, -0.1) is 10.2 Å². The van der Waals surface area contributed by atoms with Crippen LogP contribution in [0.5, 0.6) is 5.75 Å². The van der Waals surface area contributed by atoms with Crippen LogP contribution < -0.4 is 10.1 Å². The molecule has 1 fully saturated rings. The number of benzene rings is 2. The Morgan fingerprint density at radius 2 is 2.03 bits per heavy atom. The van der Waals surface area contributed by atoms with E-state index in [4.69, 9.17) is 9.47 Å². The number of nitrogens with zero attached hydrogens (tertiary/aromatic N) is 3. The minimum absolute atomic E-state index is 0.0451. The first-order chi connectivity index (χ1) is 15.9. The molecule has 1 N–H and O–H groups in total. The van der Waals surface area contributed by atoms with Gasteiger partial charge < -0.3 is 14.8 Å². The lowest BCUT2D eigenvalue weighted by Gasteiger charge is -2.16. The van der Waals surface area contributed by atoms with Gasteiger partial charge in [-0.3, -0.25) is 9.36 Å². The summed E-state index contributed by atoms with van der Waals surface area (Å²) in [7, 11) is 1.61. The highest BCUT2D eigenvalue weighted by atomic mass is 32.2. The second kappa shape index (κ2) is 10.3. The summed E-state index contributed by atoms with van der Waals surface area (Å²) >= 11 is 1.24. The largest absolute Gasteiger partial charge is 0.497 e. The fourth-order valence-electron chi connectivity index (χ4n) is 3.52. The van der Waals surface area contributed by atoms with E-state index in [0.29, 0.717) is 17.5 Å². The van der Waals surface area contributed by atoms with Crippen LogP contribution in [0.15, 0.2) is 47.6 Å². The Labute approximate surface area is 194 Å². The molecule has 1 saturated heterocycles. The number of rotatable bonds is 8. The summed E-state index contributed by atoms with van der Waals surface area (Å²) < 4.78 is 39.6. The highest BCUT2D eigenvalue weighted by molar-refractivity contribution is 8.00. The van der Waals surface area contributed by atoms with Crippen molar-refractivity contribution in [1.29, 1.82) is 0 Å². The van der Waals surface area contributed by atoms with Gasteiger partial charge in [0.25, 0.3) is 0 Å². The smallest absolute Gasteiger partial charge is 0.237 e. The van der Waals surface area contributed by atoms with E-state index in [1.54, 1.807) is 14.0 Å². The summed E-state index contributed by atoms with van der Waals surface area (Å²) in [5.74, 6) is -0.939. The Kier molecular flexibility index (Phi) is 7.24. The molecule has 0 aliphatic carbocycles. The van der Waals surface area contributed by atoms with E-state index in [9.17, 15) is 13.6 Å². The van der Waals surface area contributed by atoms with Gasteiger partial charge in [0.1, 0.15) is 5.75 Å². The number of aromatic nitrogens is 3. The Morgan fingerprint density at radius 1 is 1.24 bits per heavy atom. The van der Waals surface area contributed by atoms with E-state index in [1.165, 1.54) is 17.8 Å². The zero-order valence-electron chi connectivity index (χ0n) is 18.3. The van der Waals surface area contributed by atoms with Crippen LogP contribution in [0.3, 0.4) is 0 Å². The van der Waals surface area contributed by atoms with Crippen LogP contribution in [-0.4, -0.2) is 45.7 Å². The lowest BCUT2D eigenvalue weighted by Crippen LogP contribution is -2.23. The van der Waals surface area contributed by atoms with E-state index < -0.39 is 16.9 Å². The molecule has 2 atom stereocenters. The second-order valence-electron chi connectivity index (χ2n) is 7.66. The van der Waals surface area contributed by atoms with Gasteiger partial charge in [-0.25, -0.2) is 8.78 Å². The van der Waals surface area contributed by atoms with Crippen molar-refractivity contribution in [2.75, 3.05) is 19.0 Å². The van der Waals surface area contributed by atoms with Crippen molar-refractivity contribution in [2.45, 2.75) is 42.8 Å². The molecule has 1 aromatic heterocycles. The zero-order chi connectivity index (χ0) is 23.4. The number of thioether (sulfide) groups is 1. The predicted molar refractivity (Wildman–Crippen MR) is 121 cm³/mol. The third-order valence-corrected chi connectivity index (χ3v) is 6.39. The minimum atomic E-state index is -1.02. The normalized spacial score (nSPS) is 16.5. The van der Waals surface area contributed by atoms with Crippen LogP contribution in [0.1, 0.15) is 19.8 Å². The molecule has 7 nitrogen and oxygen atoms in total. The average molecular weight is 475 g/mol. The van der Waals surface area contributed by atoms with Crippen molar-refractivity contribution >= 4 is 23.4 Å². The lowest BCUT2D eigenvalue weighted by atomic mass is 10.2. The van der Waals surface area contributed by atoms with Gasteiger partial charge in [-0.2, -0.15) is 0 Å². The molecule has 33 heavy (non-hydrogen) atoms. The van der Waals surface area contributed by atoms with E-state index in [1.807, 2.05) is 28.8 Å². The molecule has 2 unspecified atom stereocenters. The number of methoxy groups -OCH3 is 1. The molecule has 1 aliphatic rings. The topological polar surface area (TPSA) is 78.3 Å². The van der Waals surface area contributed by atoms with Crippen LogP contribution >= 0.6 is 11.8 Å². The standard InChI is InChI=1S/C23H24F2N4O3S/c1-14(22(30)26-16-7-10-19(24)20(25)12-16)33-23-28-27-21(15-5-8-17(31-2)9-6-15)29(23)13-18-4-3-11-32-18/h5-10,12,14,18H,3-4,11,13H2,1-2H3,(H,26,30). The van der Waals surface area contributed by atoms with Gasteiger partial charge in [-0.05, 0) is 56.2 Å². The molecular formula is C23H24F2N4O3S. The molecular weight excluding hydrogens is 450 g/mol. The zero-order valence-corrected chi connectivity index (χ0v) is 19.1. The van der Waals surface area contributed by atoms with Gasteiger partial charge in [0.05, 0.1) is 25.0 Å². The van der Waals surface area contributed by atoms with E-state index in [2.05, 4.69) is 15.5 Å². The van der Waals surface area contributed by atoms with Crippen molar-refractivity contribution in [3.8, 4) is 17.1 Å². The van der Waals surface area contributed by atoms with Crippen molar-refractivity contribution < 1.29 is 23.0 Å². The number of nitrogens with one attached hydrogen (secondary N) is 1. The van der Waals surface area contributed by atoms with Crippen LogP contribution in [-0.2, 0) is 16.1 Å². The van der Waals surface area contributed by atoms with E-state index in [0.717, 1.165) is 42.9 Å². The van der Waals surface area contributed by atoms with Gasteiger partial charge in [0.2, 0.25) is 5.91 Å². The molecule has 0 spiro atoms. The number of amides is 1. The van der Waals surface area contributed by atoms with Crippen LogP contribution in [0.25, 0.3) is 11.4 Å². The molecule has 174 valence electrons. The van der Waals surface area contributed by atoms with Gasteiger partial charge >= 0.3 is 0 Å². The molecule has 1 amide bonds. The van der Waals surface area contributed by atoms with E-state index in [-0.39, 0.29) is 17.7 Å². The molecule has 0 bridgehead atoms. The maximum Gasteiger partial charge on any atom is 0.237 e. The molecule has 1 aliphatic heterocycles. The number of hydrogen-bond donors (Lipinski definition) is 1. The molecule has 0 radical (unpaired) electrons. The summed E-state index contributed by atoms with van der Waals surface area (Å²) in [5.41, 5.74) is 1.05. The maximum atomic E-state index is 13.5. The van der Waals surface area contributed by atoms with Crippen LogP contribution in [0.4, 0.5) is 14.5 Å². The lowest BCUT2D eigenvalue weighted by molar-refractivity contribution is -0.115. The first-order valence-corrected chi connectivity index (χ1v) is 11.4. The van der Waals surface area contributed by atoms with Crippen molar-refractivity contribution in [3.05, 3.63) is 54.1 Å². The quantitative estimate of drug-likeness (QED) is 0.484. The van der Waals surface area contributed by atoms with E-state index >= 15 is 0 Å². The van der Waals surface area contributed by atoms with Crippen molar-refractivity contribution in [1.82, 2.24) is 14.8 Å². The predicted octanol–water partition coefficient (Wildman–Crippen LogP) is 4.53. The van der Waals surface area contributed by atoms with Crippen molar-refractivity contribution in [2.24, 2.45) is 0 Å². The average Bonchev–Trinajstić information content (AvgIpc) is 3.47. The Balaban J connectivity index is 1.54. The molecule has 2 aromatic carbocycles. The third-order valence-electron chi connectivity index (χ3n) is 5.31. The number of anilines is 1. The first kappa shape index (κ1) is 23.2. The summed E-state index contributed by atoms with van der Waals surface area (Å²) in [6.45, 7) is 3.01. The van der Waals surface area contributed by atoms with Crippen LogP contribution in [0.2, 0.25) is 0 Å². The number of carbonyl (C=O) groups excluding carboxylic acids is 1. The second-order valence-corrected chi connectivity index (χ2v) is 8.97. The number of halogens is 2. The summed E-state index contributed by atoms with van der Waals surface area (Å²) in [6.07, 6.45) is 1.99. The highest BCUT2D eigenvalue weighted by Gasteiger charge is 2.25. The monoisotopic (exact) mass is 474 g/mol. The Bertz CT molecular complexity index is 1120. The molecule has 3 aromatic rings. The number of ether oxygens (including phenoxy) is 2. The summed E-state index contributed by atoms with van der Waals surface area (Å²) in [5, 5.41) is 11.3. The molecule has 0 saturated carbocycles. The van der Waals surface area contributed by atoms with Crippen molar-refractivity contribution in [3.63, 3.8) is 0 Å².